The van der Waals surface area contributed by atoms with E-state index in [1.165, 1.54) is 13.8 Å². The van der Waals surface area contributed by atoms with Crippen LogP contribution in [0.3, 0.4) is 0 Å². The average molecular weight is 806 g/mol. The third-order valence-electron chi connectivity index (χ3n) is 13.2. The van der Waals surface area contributed by atoms with Crippen molar-refractivity contribution < 1.29 is 63.3 Å². The molecule has 1 amide bonds. The number of carbonyl (C=O) groups is 5. The van der Waals surface area contributed by atoms with Crippen molar-refractivity contribution in [3.63, 3.8) is 0 Å². The SMILES string of the molecule is CC(=O)O[C@@]12CO[C@@H]1C[C@H](O)[C@@]1(C)C(=O)[C@H](O)C3=C(C)[C@@H](OC(=O)[C@H](O)[C@@H](NC(=O)OCC(C)C)c4ccccc4)C[C@@](O)([C@@H](CC(=O)c4ccccc4)C12)C3(C)C. The number of ether oxygens (including phenoxy) is 4. The van der Waals surface area contributed by atoms with Gasteiger partial charge in [0.05, 0.1) is 36.4 Å². The van der Waals surface area contributed by atoms with Gasteiger partial charge in [-0.25, -0.2) is 9.59 Å². The maximum Gasteiger partial charge on any atom is 0.407 e. The predicted octanol–water partition coefficient (Wildman–Crippen LogP) is 3.78. The fourth-order valence-electron chi connectivity index (χ4n) is 10.2. The minimum Gasteiger partial charge on any atom is -0.456 e. The number of carbonyl (C=O) groups excluding carboxylic acids is 5. The lowest BCUT2D eigenvalue weighted by atomic mass is 9.42. The van der Waals surface area contributed by atoms with Gasteiger partial charge in [0, 0.05) is 49.0 Å². The molecule has 3 aliphatic carbocycles. The number of benzene rings is 2. The number of esters is 2. The first-order valence-electron chi connectivity index (χ1n) is 19.8. The van der Waals surface area contributed by atoms with Gasteiger partial charge in [-0.3, -0.25) is 14.4 Å². The molecule has 4 aliphatic rings. The summed E-state index contributed by atoms with van der Waals surface area (Å²) in [7, 11) is 0. The lowest BCUT2D eigenvalue weighted by molar-refractivity contribution is -0.339. The Morgan fingerprint density at radius 3 is 2.17 bits per heavy atom. The van der Waals surface area contributed by atoms with Gasteiger partial charge < -0.3 is 44.7 Å². The number of Topliss-reactive ketones (excluding diaryl/α,β-unsaturated/α-hetero) is 2. The molecule has 314 valence electrons. The number of nitrogens with one attached hydrogen (secondary N) is 1. The first-order valence-corrected chi connectivity index (χ1v) is 19.8. The molecule has 58 heavy (non-hydrogen) atoms. The van der Waals surface area contributed by atoms with Crippen LogP contribution in [0.4, 0.5) is 4.79 Å². The summed E-state index contributed by atoms with van der Waals surface area (Å²) in [6.07, 6.45) is -9.52. The number of aliphatic hydroxyl groups excluding tert-OH is 3. The Bertz CT molecular complexity index is 1950. The Labute approximate surface area is 337 Å². The minimum absolute atomic E-state index is 0.0105. The molecular weight excluding hydrogens is 750 g/mol. The van der Waals surface area contributed by atoms with Crippen molar-refractivity contribution in [2.45, 2.75) is 115 Å². The molecule has 1 saturated heterocycles. The highest BCUT2D eigenvalue weighted by molar-refractivity contribution is 5.97. The number of aliphatic hydroxyl groups is 4. The second-order valence-electron chi connectivity index (χ2n) is 17.5. The van der Waals surface area contributed by atoms with Gasteiger partial charge in [-0.05, 0) is 36.5 Å². The monoisotopic (exact) mass is 805 g/mol. The van der Waals surface area contributed by atoms with E-state index in [2.05, 4.69) is 5.32 Å². The molecule has 11 atom stereocenters. The van der Waals surface area contributed by atoms with E-state index in [1.807, 2.05) is 13.8 Å². The van der Waals surface area contributed by atoms with Crippen molar-refractivity contribution >= 4 is 29.6 Å². The molecule has 14 heteroatoms. The third-order valence-corrected chi connectivity index (χ3v) is 13.2. The Kier molecular flexibility index (Phi) is 11.9. The predicted molar refractivity (Wildman–Crippen MR) is 207 cm³/mol. The highest BCUT2D eigenvalue weighted by Crippen LogP contribution is 2.66. The average Bonchev–Trinajstić information content (AvgIpc) is 3.17. The van der Waals surface area contributed by atoms with Crippen LogP contribution in [0.1, 0.15) is 89.7 Å². The standard InChI is InChI=1S/C44H55NO13/c1-23(2)21-55-40(53)45-34(27-16-12-9-13-17-27)36(50)39(52)57-30-20-44(54)28(18-29(47)26-14-10-8-11-15-26)37-42(7,38(51)35(49)33(24(30)3)41(44,5)6)31(48)19-32-43(37,22-56-32)58-25(4)46/h8-17,23,28,30-32,34-37,48-50,54H,18-22H2,1-7H3,(H,45,53)/t28-,30-,31-,32+,34-,35+,36+,37?,42+,43-,44+/m0/s1. The number of alkyl carbamates (subject to hydrolysis) is 1. The summed E-state index contributed by atoms with van der Waals surface area (Å²) >= 11 is 0. The van der Waals surface area contributed by atoms with Crippen molar-refractivity contribution in [1.29, 1.82) is 0 Å². The first kappa shape index (κ1) is 43.1. The van der Waals surface area contributed by atoms with E-state index in [9.17, 15) is 44.4 Å². The topological polar surface area (TPSA) is 215 Å². The summed E-state index contributed by atoms with van der Waals surface area (Å²) < 4.78 is 23.3. The quantitative estimate of drug-likeness (QED) is 0.0948. The maximum atomic E-state index is 15.0. The molecule has 0 aromatic heterocycles. The molecule has 3 fully saturated rings. The van der Waals surface area contributed by atoms with Gasteiger partial charge in [0.15, 0.2) is 23.3 Å². The summed E-state index contributed by atoms with van der Waals surface area (Å²) in [6, 6.07) is 15.2. The van der Waals surface area contributed by atoms with Crippen LogP contribution in [0.2, 0.25) is 0 Å². The van der Waals surface area contributed by atoms with Crippen molar-refractivity contribution in [2.24, 2.45) is 28.6 Å². The van der Waals surface area contributed by atoms with Crippen LogP contribution in [0.5, 0.6) is 0 Å². The van der Waals surface area contributed by atoms with Crippen LogP contribution >= 0.6 is 0 Å². The molecule has 0 spiro atoms. The molecule has 1 aliphatic heterocycles. The summed E-state index contributed by atoms with van der Waals surface area (Å²) in [5.41, 5.74) is -6.21. The molecule has 6 rings (SSSR count). The number of rotatable bonds is 11. The van der Waals surface area contributed by atoms with Gasteiger partial charge >= 0.3 is 18.0 Å². The zero-order chi connectivity index (χ0) is 42.5. The summed E-state index contributed by atoms with van der Waals surface area (Å²) in [5.74, 6) is -5.73. The van der Waals surface area contributed by atoms with Crippen molar-refractivity contribution in [3.8, 4) is 0 Å². The molecule has 2 bridgehead atoms. The number of hydrogen-bond acceptors (Lipinski definition) is 13. The molecule has 0 radical (unpaired) electrons. The maximum absolute atomic E-state index is 15.0. The van der Waals surface area contributed by atoms with Gasteiger partial charge in [-0.1, -0.05) is 88.4 Å². The van der Waals surface area contributed by atoms with Crippen LogP contribution in [0.15, 0.2) is 71.8 Å². The number of amides is 1. The Morgan fingerprint density at radius 1 is 0.983 bits per heavy atom. The zero-order valence-corrected chi connectivity index (χ0v) is 34.0. The Morgan fingerprint density at radius 2 is 1.60 bits per heavy atom. The second-order valence-corrected chi connectivity index (χ2v) is 17.5. The fourth-order valence-corrected chi connectivity index (χ4v) is 10.2. The van der Waals surface area contributed by atoms with Crippen LogP contribution in [0.25, 0.3) is 0 Å². The second kappa shape index (κ2) is 15.9. The summed E-state index contributed by atoms with van der Waals surface area (Å²) in [6.45, 7) is 11.0. The highest BCUT2D eigenvalue weighted by atomic mass is 16.6. The van der Waals surface area contributed by atoms with Crippen LogP contribution in [0, 0.1) is 28.6 Å². The first-order chi connectivity index (χ1) is 27.2. The van der Waals surface area contributed by atoms with Gasteiger partial charge in [-0.15, -0.1) is 0 Å². The smallest absolute Gasteiger partial charge is 0.407 e. The lowest BCUT2D eigenvalue weighted by Crippen LogP contribution is -2.80. The largest absolute Gasteiger partial charge is 0.456 e. The van der Waals surface area contributed by atoms with Gasteiger partial charge in [0.2, 0.25) is 0 Å². The molecule has 5 N–H and O–H groups in total. The normalized spacial score (nSPS) is 33.6. The van der Waals surface area contributed by atoms with Crippen molar-refractivity contribution in [3.05, 3.63) is 82.9 Å². The fraction of sp³-hybridized carbons (Fsp3) is 0.568. The zero-order valence-electron chi connectivity index (χ0n) is 34.0. The Balaban J connectivity index is 1.48. The van der Waals surface area contributed by atoms with E-state index >= 15 is 0 Å². The van der Waals surface area contributed by atoms with Gasteiger partial charge in [0.1, 0.15) is 18.3 Å². The van der Waals surface area contributed by atoms with E-state index in [-0.39, 0.29) is 36.7 Å². The molecule has 14 nitrogen and oxygen atoms in total. The summed E-state index contributed by atoms with van der Waals surface area (Å²) in [4.78, 5) is 69.1. The minimum atomic E-state index is -2.13. The van der Waals surface area contributed by atoms with Gasteiger partial charge in [-0.2, -0.15) is 0 Å². The van der Waals surface area contributed by atoms with E-state index in [0.29, 0.717) is 11.1 Å². The molecular formula is C44H55NO13. The van der Waals surface area contributed by atoms with Crippen molar-refractivity contribution in [2.75, 3.05) is 13.2 Å². The molecule has 1 heterocycles. The van der Waals surface area contributed by atoms with E-state index in [4.69, 9.17) is 18.9 Å². The number of fused-ring (bicyclic) bond motifs is 5. The molecule has 2 aromatic carbocycles. The van der Waals surface area contributed by atoms with E-state index in [0.717, 1.165) is 0 Å². The highest BCUT2D eigenvalue weighted by Gasteiger charge is 2.76. The lowest BCUT2D eigenvalue weighted by Gasteiger charge is -2.68. The molecule has 2 aromatic rings. The van der Waals surface area contributed by atoms with Crippen LogP contribution < -0.4 is 5.32 Å². The van der Waals surface area contributed by atoms with E-state index in [1.54, 1.807) is 81.4 Å². The number of hydrogen-bond donors (Lipinski definition) is 5. The van der Waals surface area contributed by atoms with E-state index < -0.39 is 113 Å². The van der Waals surface area contributed by atoms with Crippen LogP contribution in [-0.4, -0.2) is 105 Å². The van der Waals surface area contributed by atoms with Gasteiger partial charge in [0.25, 0.3) is 0 Å². The van der Waals surface area contributed by atoms with Crippen molar-refractivity contribution in [1.82, 2.24) is 5.32 Å². The molecule has 2 saturated carbocycles. The Hall–Kier alpha value is -4.47. The summed E-state index contributed by atoms with van der Waals surface area (Å²) in [5, 5.41) is 51.8. The van der Waals surface area contributed by atoms with Crippen LogP contribution in [-0.2, 0) is 33.3 Å². The third kappa shape index (κ3) is 7.16. The molecule has 1 unspecified atom stereocenters. The number of ketones is 2.